The number of H-pyrrole nitrogens is 1. The molecule has 2 aromatic carbocycles. The van der Waals surface area contributed by atoms with Crippen LogP contribution in [0.2, 0.25) is 10.0 Å². The Labute approximate surface area is 189 Å². The van der Waals surface area contributed by atoms with Gasteiger partial charge in [-0.1, -0.05) is 35.3 Å². The van der Waals surface area contributed by atoms with Crippen molar-refractivity contribution in [1.29, 1.82) is 0 Å². The summed E-state index contributed by atoms with van der Waals surface area (Å²) in [5, 5.41) is 2.63. The zero-order chi connectivity index (χ0) is 22.0. The van der Waals surface area contributed by atoms with Crippen LogP contribution in [0.15, 0.2) is 42.6 Å². The van der Waals surface area contributed by atoms with Crippen LogP contribution in [0.1, 0.15) is 28.5 Å². The number of hydrogen-bond donors (Lipinski definition) is 1. The zero-order valence-corrected chi connectivity index (χ0v) is 18.5. The van der Waals surface area contributed by atoms with Crippen LogP contribution in [0, 0.1) is 0 Å². The van der Waals surface area contributed by atoms with Gasteiger partial charge in [-0.2, -0.15) is 0 Å². The fraction of sp³-hybridized carbons (Fsp3) is 0.217. The van der Waals surface area contributed by atoms with E-state index in [-0.39, 0.29) is 18.9 Å². The first-order chi connectivity index (χ1) is 15.0. The van der Waals surface area contributed by atoms with Gasteiger partial charge in [0.15, 0.2) is 5.69 Å². The van der Waals surface area contributed by atoms with Crippen molar-refractivity contribution in [3.63, 3.8) is 0 Å². The fourth-order valence-corrected chi connectivity index (χ4v) is 3.86. The molecule has 1 N–H and O–H groups in total. The van der Waals surface area contributed by atoms with E-state index in [9.17, 15) is 4.79 Å². The van der Waals surface area contributed by atoms with E-state index >= 15 is 0 Å². The van der Waals surface area contributed by atoms with Gasteiger partial charge in [-0.25, -0.2) is 9.78 Å². The molecule has 0 radical (unpaired) electrons. The number of aromatic nitrogens is 2. The molecule has 0 saturated carbocycles. The maximum atomic E-state index is 12.5. The highest BCUT2D eigenvalue weighted by Gasteiger charge is 2.22. The molecule has 6 nitrogen and oxygen atoms in total. The maximum Gasteiger partial charge on any atom is 0.357 e. The number of carbonyl (C=O) groups excluding carboxylic acids is 1. The lowest BCUT2D eigenvalue weighted by atomic mass is 10.0. The van der Waals surface area contributed by atoms with Crippen molar-refractivity contribution in [2.75, 3.05) is 13.7 Å². The van der Waals surface area contributed by atoms with Gasteiger partial charge in [-0.05, 0) is 36.8 Å². The predicted molar refractivity (Wildman–Crippen MR) is 121 cm³/mol. The van der Waals surface area contributed by atoms with Crippen molar-refractivity contribution in [3.05, 3.63) is 69.5 Å². The third kappa shape index (κ3) is 4.19. The molecule has 2 heterocycles. The highest BCUT2D eigenvalue weighted by atomic mass is 35.5. The standard InChI is InChI=1S/C23H20Cl2N2O4/c1-3-30-23(28)22-14(12-29-2)20-18(10-26-22)27-17-5-4-6-19(21(17)20)31-11-13-7-8-15(24)16(25)9-13/h4-10,27H,3,11-12H2,1-2H3. The molecule has 2 aromatic heterocycles. The van der Waals surface area contributed by atoms with Crippen molar-refractivity contribution < 1.29 is 19.0 Å². The van der Waals surface area contributed by atoms with E-state index in [4.69, 9.17) is 37.4 Å². The normalized spacial score (nSPS) is 11.2. The van der Waals surface area contributed by atoms with Crippen molar-refractivity contribution in [1.82, 2.24) is 9.97 Å². The largest absolute Gasteiger partial charge is 0.488 e. The number of hydrogen-bond acceptors (Lipinski definition) is 5. The topological polar surface area (TPSA) is 73.4 Å². The second kappa shape index (κ2) is 9.14. The van der Waals surface area contributed by atoms with Gasteiger partial charge < -0.3 is 19.2 Å². The average molecular weight is 459 g/mol. The number of carbonyl (C=O) groups is 1. The molecule has 0 aliphatic carbocycles. The number of esters is 1. The van der Waals surface area contributed by atoms with E-state index in [1.807, 2.05) is 24.3 Å². The van der Waals surface area contributed by atoms with Crippen LogP contribution in [0.25, 0.3) is 21.8 Å². The minimum Gasteiger partial charge on any atom is -0.488 e. The molecule has 4 rings (SSSR count). The van der Waals surface area contributed by atoms with Gasteiger partial charge in [0, 0.05) is 23.4 Å². The molecular weight excluding hydrogens is 439 g/mol. The van der Waals surface area contributed by atoms with Gasteiger partial charge >= 0.3 is 5.97 Å². The Morgan fingerprint density at radius 3 is 2.65 bits per heavy atom. The summed E-state index contributed by atoms with van der Waals surface area (Å²) < 4.78 is 16.7. The summed E-state index contributed by atoms with van der Waals surface area (Å²) in [5.74, 6) is 0.174. The Bertz CT molecular complexity index is 1270. The van der Waals surface area contributed by atoms with Gasteiger partial charge in [0.2, 0.25) is 0 Å². The first-order valence-electron chi connectivity index (χ1n) is 9.68. The molecule has 0 saturated heterocycles. The number of nitrogens with zero attached hydrogens (tertiary/aromatic N) is 1. The van der Waals surface area contributed by atoms with E-state index < -0.39 is 5.97 Å². The average Bonchev–Trinajstić information content (AvgIpc) is 3.14. The number of aromatic amines is 1. The molecular formula is C23H20Cl2N2O4. The smallest absolute Gasteiger partial charge is 0.357 e. The monoisotopic (exact) mass is 458 g/mol. The summed E-state index contributed by atoms with van der Waals surface area (Å²) in [4.78, 5) is 20.2. The van der Waals surface area contributed by atoms with Gasteiger partial charge in [-0.15, -0.1) is 0 Å². The number of pyridine rings is 1. The summed E-state index contributed by atoms with van der Waals surface area (Å²) in [6.45, 7) is 2.52. The van der Waals surface area contributed by atoms with Crippen molar-refractivity contribution in [3.8, 4) is 5.75 Å². The van der Waals surface area contributed by atoms with Gasteiger partial charge in [0.1, 0.15) is 12.4 Å². The molecule has 0 amide bonds. The molecule has 8 heteroatoms. The Balaban J connectivity index is 1.83. The SMILES string of the molecule is CCOC(=O)c1ncc2[nH]c3cccc(OCc4ccc(Cl)c(Cl)c4)c3c2c1COC. The lowest BCUT2D eigenvalue weighted by molar-refractivity contribution is 0.0514. The van der Waals surface area contributed by atoms with Crippen molar-refractivity contribution >= 4 is 51.0 Å². The molecule has 0 unspecified atom stereocenters. The van der Waals surface area contributed by atoms with Crippen LogP contribution in [0.4, 0.5) is 0 Å². The van der Waals surface area contributed by atoms with Crippen LogP contribution in [-0.2, 0) is 22.7 Å². The Morgan fingerprint density at radius 2 is 1.90 bits per heavy atom. The molecule has 0 spiro atoms. The molecule has 31 heavy (non-hydrogen) atoms. The highest BCUT2D eigenvalue weighted by molar-refractivity contribution is 6.42. The van der Waals surface area contributed by atoms with Crippen LogP contribution in [0.3, 0.4) is 0 Å². The molecule has 160 valence electrons. The van der Waals surface area contributed by atoms with E-state index in [0.29, 0.717) is 28.0 Å². The lowest BCUT2D eigenvalue weighted by Gasteiger charge is -2.12. The predicted octanol–water partition coefficient (Wildman–Crippen LogP) is 5.93. The van der Waals surface area contributed by atoms with Crippen LogP contribution >= 0.6 is 23.2 Å². The Kier molecular flexibility index (Phi) is 6.32. The number of halogens is 2. The number of methoxy groups -OCH3 is 1. The van der Waals surface area contributed by atoms with Crippen LogP contribution in [0.5, 0.6) is 5.75 Å². The van der Waals surface area contributed by atoms with Gasteiger partial charge in [0.05, 0.1) is 40.5 Å². The number of benzene rings is 2. The summed E-state index contributed by atoms with van der Waals surface area (Å²) in [6, 6.07) is 11.1. The van der Waals surface area contributed by atoms with E-state index in [1.165, 1.54) is 0 Å². The van der Waals surface area contributed by atoms with Crippen molar-refractivity contribution in [2.45, 2.75) is 20.1 Å². The zero-order valence-electron chi connectivity index (χ0n) is 17.0. The van der Waals surface area contributed by atoms with Crippen LogP contribution < -0.4 is 4.74 Å². The van der Waals surface area contributed by atoms with Gasteiger partial charge in [-0.3, -0.25) is 0 Å². The first kappa shape index (κ1) is 21.4. The number of fused-ring (bicyclic) bond motifs is 3. The van der Waals surface area contributed by atoms with E-state index in [2.05, 4.69) is 9.97 Å². The second-order valence-corrected chi connectivity index (χ2v) is 7.68. The summed E-state index contributed by atoms with van der Waals surface area (Å²) in [5.41, 5.74) is 3.41. The summed E-state index contributed by atoms with van der Waals surface area (Å²) in [6.07, 6.45) is 1.63. The second-order valence-electron chi connectivity index (χ2n) is 6.87. The molecule has 0 aliphatic heterocycles. The number of nitrogens with one attached hydrogen (secondary N) is 1. The van der Waals surface area contributed by atoms with Crippen molar-refractivity contribution in [2.24, 2.45) is 0 Å². The fourth-order valence-electron chi connectivity index (χ4n) is 3.54. The highest BCUT2D eigenvalue weighted by Crippen LogP contribution is 2.37. The quantitative estimate of drug-likeness (QED) is 0.347. The first-order valence-corrected chi connectivity index (χ1v) is 10.4. The molecule has 4 aromatic rings. The maximum absolute atomic E-state index is 12.5. The van der Waals surface area contributed by atoms with E-state index in [1.54, 1.807) is 32.4 Å². The minimum absolute atomic E-state index is 0.201. The van der Waals surface area contributed by atoms with Crippen LogP contribution in [-0.4, -0.2) is 29.7 Å². The Morgan fingerprint density at radius 1 is 1.06 bits per heavy atom. The minimum atomic E-state index is -0.486. The molecule has 0 bridgehead atoms. The number of ether oxygens (including phenoxy) is 3. The Hall–Kier alpha value is -2.80. The molecule has 0 aliphatic rings. The number of rotatable bonds is 7. The molecule has 0 fully saturated rings. The lowest BCUT2D eigenvalue weighted by Crippen LogP contribution is -2.11. The van der Waals surface area contributed by atoms with E-state index in [0.717, 1.165) is 27.4 Å². The summed E-state index contributed by atoms with van der Waals surface area (Å²) in [7, 11) is 1.57. The van der Waals surface area contributed by atoms with Gasteiger partial charge in [0.25, 0.3) is 0 Å². The molecule has 0 atom stereocenters. The third-order valence-corrected chi connectivity index (χ3v) is 5.60. The summed E-state index contributed by atoms with van der Waals surface area (Å²) >= 11 is 12.1. The third-order valence-electron chi connectivity index (χ3n) is 4.86.